The van der Waals surface area contributed by atoms with Crippen LogP contribution < -0.4 is 11.1 Å². The van der Waals surface area contributed by atoms with Crippen LogP contribution in [-0.2, 0) is 33.9 Å². The molecule has 0 atom stereocenters. The first kappa shape index (κ1) is 35.6. The third kappa shape index (κ3) is 11.3. The highest BCUT2D eigenvalue weighted by Gasteiger charge is 2.18. The van der Waals surface area contributed by atoms with Crippen LogP contribution in [0.1, 0.15) is 72.8 Å². The molecule has 10 heteroatoms. The second-order valence-electron chi connectivity index (χ2n) is 11.2. The highest BCUT2D eigenvalue weighted by molar-refractivity contribution is 6.05. The van der Waals surface area contributed by atoms with Gasteiger partial charge >= 0.3 is 0 Å². The van der Waals surface area contributed by atoms with Gasteiger partial charge < -0.3 is 25.6 Å². The zero-order chi connectivity index (χ0) is 33.3. The average Bonchev–Trinajstić information content (AvgIpc) is 3.21. The van der Waals surface area contributed by atoms with Crippen LogP contribution >= 0.6 is 0 Å². The van der Waals surface area contributed by atoms with Gasteiger partial charge in [-0.2, -0.15) is 0 Å². The van der Waals surface area contributed by atoms with Gasteiger partial charge in [0.1, 0.15) is 5.84 Å². The van der Waals surface area contributed by atoms with Gasteiger partial charge in [-0.3, -0.25) is 19.4 Å². The van der Waals surface area contributed by atoms with Gasteiger partial charge in [0.05, 0.1) is 24.2 Å². The summed E-state index contributed by atoms with van der Waals surface area (Å²) in [6, 6.07) is 17.4. The molecule has 0 aliphatic carbocycles. The topological polar surface area (TPSA) is 130 Å². The van der Waals surface area contributed by atoms with Gasteiger partial charge in [-0.25, -0.2) is 4.99 Å². The number of aromatic nitrogens is 1. The van der Waals surface area contributed by atoms with E-state index in [0.29, 0.717) is 48.9 Å². The van der Waals surface area contributed by atoms with Gasteiger partial charge in [-0.05, 0) is 49.1 Å². The third-order valence-corrected chi connectivity index (χ3v) is 7.22. The largest absolute Gasteiger partial charge is 0.387 e. The number of fused-ring (bicyclic) bond motifs is 2. The number of aliphatic imine (C=N–C) groups is 1. The van der Waals surface area contributed by atoms with E-state index in [1.807, 2.05) is 55.5 Å². The third-order valence-electron chi connectivity index (χ3n) is 7.22. The number of carbonyl (C=O) groups is 3. The number of pyridine rings is 1. The Morgan fingerprint density at radius 2 is 1.83 bits per heavy atom. The maximum atomic E-state index is 12.7. The van der Waals surface area contributed by atoms with Crippen molar-refractivity contribution >= 4 is 42.0 Å². The van der Waals surface area contributed by atoms with E-state index in [-0.39, 0.29) is 5.91 Å². The molecule has 3 aromatic rings. The molecule has 2 aromatic carbocycles. The van der Waals surface area contributed by atoms with Crippen molar-refractivity contribution in [3.05, 3.63) is 94.3 Å². The van der Waals surface area contributed by atoms with Crippen molar-refractivity contribution in [3.8, 4) is 0 Å². The Kier molecular flexibility index (Phi) is 14.6. The average molecular weight is 627 g/mol. The first-order chi connectivity index (χ1) is 22.3. The molecule has 0 spiro atoms. The fourth-order valence-corrected chi connectivity index (χ4v) is 5.04. The molecule has 244 valence electrons. The molecule has 5 rings (SSSR count). The minimum Gasteiger partial charge on any atom is -0.387 e. The Balaban J connectivity index is 0.000000262. The van der Waals surface area contributed by atoms with Crippen molar-refractivity contribution in [2.75, 3.05) is 32.1 Å². The first-order valence-electron chi connectivity index (χ1n) is 15.6. The lowest BCUT2D eigenvalue weighted by Crippen LogP contribution is -2.29. The molecule has 0 fully saturated rings. The van der Waals surface area contributed by atoms with Gasteiger partial charge in [-0.15, -0.1) is 0 Å². The molecule has 3 heterocycles. The summed E-state index contributed by atoms with van der Waals surface area (Å²) in [6.07, 6.45) is 8.90. The van der Waals surface area contributed by atoms with Crippen molar-refractivity contribution in [2.45, 2.75) is 59.6 Å². The molecular formula is C36H46N6O4. The van der Waals surface area contributed by atoms with Crippen molar-refractivity contribution in [1.29, 1.82) is 0 Å². The van der Waals surface area contributed by atoms with Crippen molar-refractivity contribution < 1.29 is 19.1 Å². The maximum absolute atomic E-state index is 12.7. The molecule has 1 aromatic heterocycles. The zero-order valence-electron chi connectivity index (χ0n) is 27.4. The number of nitrogens with zero attached hydrogens (tertiary/aromatic N) is 4. The standard InChI is InChI=1S/C21H21N5O2.C8H10O.C7H15NO/c1-13-6-14-2-3-15(9-19(14)25-20(22)7-13)21(28)24-17-8-16-11-26(12-27)5-4-18(16)23-10-17;1-9-7-8-5-3-2-4-6-8;1-3-5-8(7-9)6-4-2/h2-3,6,8-10,12H,4-5,7,11H2,1H3,(H2,22,25)(H,24,28);2-6H,7H2,1H3;7H,3-6H2,1-2H3. The van der Waals surface area contributed by atoms with E-state index in [1.165, 1.54) is 5.56 Å². The van der Waals surface area contributed by atoms with E-state index in [9.17, 15) is 14.4 Å². The van der Waals surface area contributed by atoms with Crippen LogP contribution in [0.4, 0.5) is 11.4 Å². The summed E-state index contributed by atoms with van der Waals surface area (Å²) >= 11 is 0. The van der Waals surface area contributed by atoms with Gasteiger partial charge in [0.25, 0.3) is 5.91 Å². The summed E-state index contributed by atoms with van der Waals surface area (Å²) in [5.41, 5.74) is 12.9. The molecule has 0 saturated carbocycles. The Morgan fingerprint density at radius 3 is 2.48 bits per heavy atom. The molecule has 0 radical (unpaired) electrons. The van der Waals surface area contributed by atoms with Crippen LogP contribution in [0.5, 0.6) is 0 Å². The Labute approximate surface area is 272 Å². The first-order valence-corrected chi connectivity index (χ1v) is 15.6. The zero-order valence-corrected chi connectivity index (χ0v) is 27.4. The van der Waals surface area contributed by atoms with Crippen LogP contribution in [-0.4, -0.2) is 66.1 Å². The molecular weight excluding hydrogens is 580 g/mol. The van der Waals surface area contributed by atoms with Crippen LogP contribution in [0.25, 0.3) is 6.08 Å². The molecule has 0 bridgehead atoms. The fraction of sp³-hybridized carbons (Fsp3) is 0.361. The molecule has 3 N–H and O–H groups in total. The predicted octanol–water partition coefficient (Wildman–Crippen LogP) is 5.74. The number of ether oxygens (including phenoxy) is 1. The Hall–Kier alpha value is -4.83. The second kappa shape index (κ2) is 18.9. The summed E-state index contributed by atoms with van der Waals surface area (Å²) in [5.74, 6) is 0.287. The lowest BCUT2D eigenvalue weighted by Gasteiger charge is -2.24. The predicted molar refractivity (Wildman–Crippen MR) is 184 cm³/mol. The molecule has 2 aliphatic rings. The number of amides is 3. The van der Waals surface area contributed by atoms with E-state index < -0.39 is 0 Å². The number of methoxy groups -OCH3 is 1. The molecule has 0 unspecified atom stereocenters. The number of nitrogens with one attached hydrogen (secondary N) is 1. The van der Waals surface area contributed by atoms with Crippen molar-refractivity contribution in [2.24, 2.45) is 10.7 Å². The number of nitrogens with two attached hydrogens (primary N) is 1. The second-order valence-corrected chi connectivity index (χ2v) is 11.2. The number of hydrogen-bond donors (Lipinski definition) is 2. The van der Waals surface area contributed by atoms with Crippen LogP contribution in [0.2, 0.25) is 0 Å². The van der Waals surface area contributed by atoms with E-state index in [0.717, 1.165) is 67.6 Å². The summed E-state index contributed by atoms with van der Waals surface area (Å²) in [4.78, 5) is 46.3. The molecule has 10 nitrogen and oxygen atoms in total. The molecule has 0 saturated heterocycles. The summed E-state index contributed by atoms with van der Waals surface area (Å²) in [7, 11) is 1.70. The van der Waals surface area contributed by atoms with Gasteiger partial charge in [0.2, 0.25) is 12.8 Å². The molecule has 3 amide bonds. The van der Waals surface area contributed by atoms with Crippen LogP contribution in [0, 0.1) is 0 Å². The van der Waals surface area contributed by atoms with Crippen molar-refractivity contribution in [3.63, 3.8) is 0 Å². The smallest absolute Gasteiger partial charge is 0.255 e. The van der Waals surface area contributed by atoms with Gasteiger partial charge in [0.15, 0.2) is 0 Å². The fourth-order valence-electron chi connectivity index (χ4n) is 5.04. The van der Waals surface area contributed by atoms with E-state index in [1.54, 1.807) is 35.2 Å². The van der Waals surface area contributed by atoms with Crippen molar-refractivity contribution in [1.82, 2.24) is 14.8 Å². The minimum absolute atomic E-state index is 0.244. The number of rotatable bonds is 10. The summed E-state index contributed by atoms with van der Waals surface area (Å²) in [5, 5.41) is 2.88. The summed E-state index contributed by atoms with van der Waals surface area (Å²) in [6.45, 7) is 9.84. The Bertz CT molecular complexity index is 1500. The van der Waals surface area contributed by atoms with Crippen LogP contribution in [0.3, 0.4) is 0 Å². The Morgan fingerprint density at radius 1 is 1.09 bits per heavy atom. The monoisotopic (exact) mass is 626 g/mol. The maximum Gasteiger partial charge on any atom is 0.255 e. The highest BCUT2D eigenvalue weighted by Crippen LogP contribution is 2.28. The lowest BCUT2D eigenvalue weighted by molar-refractivity contribution is -0.119. The minimum atomic E-state index is -0.244. The number of carbonyl (C=O) groups excluding carboxylic acids is 3. The van der Waals surface area contributed by atoms with Crippen LogP contribution in [0.15, 0.2) is 71.4 Å². The SMILES string of the molecule is CC1=Cc2ccc(C(=O)Nc3cnc4c(c3)CN(C=O)CC4)cc2N=C(N)C1.CCCN(C=O)CCC.COCc1ccccc1. The van der Waals surface area contributed by atoms with E-state index >= 15 is 0 Å². The molecule has 2 aliphatic heterocycles. The normalized spacial score (nSPS) is 13.1. The quantitative estimate of drug-likeness (QED) is 0.276. The number of anilines is 1. The van der Waals surface area contributed by atoms with E-state index in [2.05, 4.69) is 29.1 Å². The van der Waals surface area contributed by atoms with Gasteiger partial charge in [-0.1, -0.05) is 61.9 Å². The van der Waals surface area contributed by atoms with E-state index in [4.69, 9.17) is 10.5 Å². The molecule has 46 heavy (non-hydrogen) atoms. The summed E-state index contributed by atoms with van der Waals surface area (Å²) < 4.78 is 4.93. The van der Waals surface area contributed by atoms with Gasteiger partial charge in [0, 0.05) is 63.0 Å². The number of amidine groups is 1. The number of benzene rings is 2. The highest BCUT2D eigenvalue weighted by atomic mass is 16.5. The lowest BCUT2D eigenvalue weighted by atomic mass is 10.0. The number of hydrogen-bond acceptors (Lipinski definition) is 7.